The van der Waals surface area contributed by atoms with Crippen molar-refractivity contribution < 1.29 is 0 Å². The monoisotopic (exact) mass is 130 g/mol. The van der Waals surface area contributed by atoms with Crippen LogP contribution in [0.25, 0.3) is 0 Å². The zero-order valence-corrected chi connectivity index (χ0v) is 5.16. The van der Waals surface area contributed by atoms with Crippen molar-refractivity contribution in [2.24, 2.45) is 0 Å². The van der Waals surface area contributed by atoms with Gasteiger partial charge in [0.25, 0.3) is 0 Å². The fourth-order valence-electron chi connectivity index (χ4n) is 0.470. The van der Waals surface area contributed by atoms with Crippen molar-refractivity contribution in [3.05, 3.63) is 11.8 Å². The van der Waals surface area contributed by atoms with Gasteiger partial charge in [0.2, 0.25) is 0 Å². The Morgan fingerprint density at radius 1 is 1.75 bits per heavy atom. The quantitative estimate of drug-likeness (QED) is 0.493. The normalized spacial score (nSPS) is 19.6. The first-order valence-electron chi connectivity index (χ1n) is 2.26. The molecule has 0 spiro atoms. The molecular weight excluding hydrogens is 124 g/mol. The van der Waals surface area contributed by atoms with E-state index in [-0.39, 0.29) is 12.4 Å². The second-order valence-corrected chi connectivity index (χ2v) is 1.48. The summed E-state index contributed by atoms with van der Waals surface area (Å²) in [5, 5.41) is 11.0. The van der Waals surface area contributed by atoms with Gasteiger partial charge in [0.15, 0.2) is 0 Å². The summed E-state index contributed by atoms with van der Waals surface area (Å²) in [6.45, 7) is 1.04. The van der Waals surface area contributed by atoms with Crippen molar-refractivity contribution in [1.29, 1.82) is 5.26 Å². The maximum Gasteiger partial charge on any atom is 0.0930 e. The predicted molar refractivity (Wildman–Crippen MR) is 33.6 cm³/mol. The topological polar surface area (TPSA) is 35.8 Å². The lowest BCUT2D eigenvalue weighted by molar-refractivity contribution is 0.634. The zero-order valence-electron chi connectivity index (χ0n) is 4.35. The van der Waals surface area contributed by atoms with Gasteiger partial charge in [0.1, 0.15) is 0 Å². The number of hydrogen-bond donors (Lipinski definition) is 1. The van der Waals surface area contributed by atoms with Gasteiger partial charge in [-0.1, -0.05) is 0 Å². The highest BCUT2D eigenvalue weighted by atomic mass is 35.5. The van der Waals surface area contributed by atoms with Gasteiger partial charge in [-0.2, -0.15) is 5.26 Å². The van der Waals surface area contributed by atoms with Gasteiger partial charge in [0, 0.05) is 24.7 Å². The summed E-state index contributed by atoms with van der Waals surface area (Å²) in [6.07, 6.45) is 2.59. The summed E-state index contributed by atoms with van der Waals surface area (Å²) in [5.41, 5.74) is 1.07. The molecule has 8 heavy (non-hydrogen) atoms. The van der Waals surface area contributed by atoms with Crippen LogP contribution in [-0.2, 0) is 0 Å². The molecule has 0 atom stereocenters. The van der Waals surface area contributed by atoms with Crippen molar-refractivity contribution in [2.45, 2.75) is 6.42 Å². The highest BCUT2D eigenvalue weighted by Gasteiger charge is 2.03. The van der Waals surface area contributed by atoms with Crippen LogP contribution in [-0.4, -0.2) is 6.54 Å². The Bertz CT molecular complexity index is 128. The molecule has 1 aliphatic rings. The Labute approximate surface area is 54.6 Å². The van der Waals surface area contributed by atoms with Crippen LogP contribution < -0.4 is 5.32 Å². The first-order chi connectivity index (χ1) is 3.43. The molecule has 1 aliphatic heterocycles. The lowest BCUT2D eigenvalue weighted by atomic mass is 10.2. The minimum absolute atomic E-state index is 0. The standard InChI is InChI=1S/C5H6N2.ClH/c6-3-1-5-2-4-7-5;/h1,7H,2,4H2;1H/b5-1-;. The van der Waals surface area contributed by atoms with Crippen molar-refractivity contribution in [2.75, 3.05) is 6.54 Å². The number of halogens is 1. The largest absolute Gasteiger partial charge is 0.387 e. The molecule has 1 rings (SSSR count). The maximum absolute atomic E-state index is 8.04. The van der Waals surface area contributed by atoms with Crippen molar-refractivity contribution in [3.8, 4) is 6.07 Å². The third-order valence-corrected chi connectivity index (χ3v) is 0.985. The molecule has 1 fully saturated rings. The summed E-state index contributed by atoms with van der Waals surface area (Å²) in [5.74, 6) is 0. The summed E-state index contributed by atoms with van der Waals surface area (Å²) in [6, 6.07) is 1.95. The van der Waals surface area contributed by atoms with E-state index in [0.29, 0.717) is 0 Å². The lowest BCUT2D eigenvalue weighted by Crippen LogP contribution is -2.27. The number of allylic oxidation sites excluding steroid dienone is 1. The van der Waals surface area contributed by atoms with Crippen molar-refractivity contribution in [1.82, 2.24) is 5.32 Å². The molecular formula is C5H7ClN2. The van der Waals surface area contributed by atoms with Crippen LogP contribution in [0.4, 0.5) is 0 Å². The van der Waals surface area contributed by atoms with Gasteiger partial charge >= 0.3 is 0 Å². The number of nitrogens with zero attached hydrogens (tertiary/aromatic N) is 1. The maximum atomic E-state index is 8.04. The summed E-state index contributed by atoms with van der Waals surface area (Å²) >= 11 is 0. The van der Waals surface area contributed by atoms with Crippen molar-refractivity contribution in [3.63, 3.8) is 0 Å². The SMILES string of the molecule is Cl.N#C/C=C1/CCN1. The average molecular weight is 131 g/mol. The molecule has 0 aromatic heterocycles. The molecule has 1 heterocycles. The van der Waals surface area contributed by atoms with E-state index in [4.69, 9.17) is 5.26 Å². The number of nitriles is 1. The van der Waals surface area contributed by atoms with Crippen LogP contribution in [0, 0.1) is 11.3 Å². The minimum atomic E-state index is 0. The second kappa shape index (κ2) is 3.34. The number of hydrogen-bond acceptors (Lipinski definition) is 2. The molecule has 0 amide bonds. The van der Waals surface area contributed by atoms with Gasteiger partial charge < -0.3 is 5.32 Å². The van der Waals surface area contributed by atoms with Gasteiger partial charge in [0.05, 0.1) is 6.07 Å². The minimum Gasteiger partial charge on any atom is -0.387 e. The molecule has 0 aromatic rings. The predicted octanol–water partition coefficient (Wildman–Crippen LogP) is 0.809. The molecule has 44 valence electrons. The van der Waals surface area contributed by atoms with Gasteiger partial charge in [-0.3, -0.25) is 0 Å². The van der Waals surface area contributed by atoms with Gasteiger partial charge in [-0.15, -0.1) is 12.4 Å². The molecule has 3 heteroatoms. The van der Waals surface area contributed by atoms with E-state index < -0.39 is 0 Å². The van der Waals surface area contributed by atoms with Crippen LogP contribution in [0.3, 0.4) is 0 Å². The molecule has 0 radical (unpaired) electrons. The fraction of sp³-hybridized carbons (Fsp3) is 0.400. The van der Waals surface area contributed by atoms with Crippen molar-refractivity contribution >= 4 is 12.4 Å². The smallest absolute Gasteiger partial charge is 0.0930 e. The number of nitrogens with one attached hydrogen (secondary N) is 1. The van der Waals surface area contributed by atoms with E-state index in [0.717, 1.165) is 18.7 Å². The van der Waals surface area contributed by atoms with E-state index in [1.54, 1.807) is 6.08 Å². The number of rotatable bonds is 0. The Morgan fingerprint density at radius 2 is 2.38 bits per heavy atom. The van der Waals surface area contributed by atoms with Gasteiger partial charge in [-0.05, 0) is 0 Å². The molecule has 0 bridgehead atoms. The third kappa shape index (κ3) is 1.43. The Kier molecular flexibility index (Phi) is 3.05. The van der Waals surface area contributed by atoms with E-state index in [1.807, 2.05) is 6.07 Å². The Morgan fingerprint density at radius 3 is 2.50 bits per heavy atom. The first kappa shape index (κ1) is 7.32. The summed E-state index contributed by atoms with van der Waals surface area (Å²) in [4.78, 5) is 0. The fourth-order valence-corrected chi connectivity index (χ4v) is 0.470. The van der Waals surface area contributed by atoms with Crippen LogP contribution >= 0.6 is 12.4 Å². The summed E-state index contributed by atoms with van der Waals surface area (Å²) in [7, 11) is 0. The molecule has 0 aliphatic carbocycles. The highest BCUT2D eigenvalue weighted by Crippen LogP contribution is 2.03. The van der Waals surface area contributed by atoms with E-state index >= 15 is 0 Å². The van der Waals surface area contributed by atoms with Crippen LogP contribution in [0.2, 0.25) is 0 Å². The Balaban J connectivity index is 0.000000490. The van der Waals surface area contributed by atoms with Gasteiger partial charge in [-0.25, -0.2) is 0 Å². The van der Waals surface area contributed by atoms with E-state index in [1.165, 1.54) is 0 Å². The summed E-state index contributed by atoms with van der Waals surface area (Å²) < 4.78 is 0. The highest BCUT2D eigenvalue weighted by molar-refractivity contribution is 5.85. The third-order valence-electron chi connectivity index (χ3n) is 0.985. The van der Waals surface area contributed by atoms with Crippen LogP contribution in [0.15, 0.2) is 11.8 Å². The first-order valence-corrected chi connectivity index (χ1v) is 2.26. The average Bonchev–Trinajstić information content (AvgIpc) is 1.55. The molecule has 0 saturated carbocycles. The van der Waals surface area contributed by atoms with Crippen LogP contribution in [0.1, 0.15) is 6.42 Å². The zero-order chi connectivity index (χ0) is 5.11. The van der Waals surface area contributed by atoms with E-state index in [9.17, 15) is 0 Å². The molecule has 2 nitrogen and oxygen atoms in total. The molecule has 1 saturated heterocycles. The lowest BCUT2D eigenvalue weighted by Gasteiger charge is -2.17. The Hall–Kier alpha value is -0.680. The molecule has 0 unspecified atom stereocenters. The second-order valence-electron chi connectivity index (χ2n) is 1.48. The molecule has 0 aromatic carbocycles. The molecule has 1 N–H and O–H groups in total. The van der Waals surface area contributed by atoms with Crippen LogP contribution in [0.5, 0.6) is 0 Å². The van der Waals surface area contributed by atoms with E-state index in [2.05, 4.69) is 5.32 Å².